The van der Waals surface area contributed by atoms with E-state index >= 15 is 0 Å². The number of morpholine rings is 1. The summed E-state index contributed by atoms with van der Waals surface area (Å²) < 4.78 is 19.2. The van der Waals surface area contributed by atoms with Gasteiger partial charge in [-0.15, -0.1) is 0 Å². The van der Waals surface area contributed by atoms with Gasteiger partial charge in [-0.25, -0.2) is 4.39 Å². The minimum atomic E-state index is -0.245. The van der Waals surface area contributed by atoms with Crippen LogP contribution in [-0.4, -0.2) is 42.9 Å². The molecule has 1 aliphatic rings. The first kappa shape index (κ1) is 18.8. The van der Waals surface area contributed by atoms with Crippen LogP contribution >= 0.6 is 12.2 Å². The lowest BCUT2D eigenvalue weighted by atomic mass is 10.1. The van der Waals surface area contributed by atoms with Crippen molar-refractivity contribution in [2.24, 2.45) is 0 Å². The molecule has 0 radical (unpaired) electrons. The zero-order chi connectivity index (χ0) is 18.4. The Morgan fingerprint density at radius 1 is 1.19 bits per heavy atom. The summed E-state index contributed by atoms with van der Waals surface area (Å²) in [5, 5.41) is 6.94. The molecular weight excluding hydrogens is 349 g/mol. The van der Waals surface area contributed by atoms with Crippen molar-refractivity contribution in [3.05, 3.63) is 65.5 Å². The number of hydrogen-bond donors (Lipinski definition) is 2. The van der Waals surface area contributed by atoms with E-state index in [1.54, 1.807) is 13.0 Å². The monoisotopic (exact) mass is 373 g/mol. The van der Waals surface area contributed by atoms with Gasteiger partial charge < -0.3 is 15.4 Å². The summed E-state index contributed by atoms with van der Waals surface area (Å²) >= 11 is 5.47. The van der Waals surface area contributed by atoms with E-state index in [9.17, 15) is 4.39 Å². The van der Waals surface area contributed by atoms with E-state index in [0.29, 0.717) is 16.4 Å². The lowest BCUT2D eigenvalue weighted by Crippen LogP contribution is -2.44. The van der Waals surface area contributed by atoms with Crippen molar-refractivity contribution in [2.75, 3.05) is 38.2 Å². The number of hydrogen-bond acceptors (Lipinski definition) is 3. The second-order valence-corrected chi connectivity index (χ2v) is 6.85. The molecule has 3 rings (SSSR count). The normalized spacial score (nSPS) is 16.1. The number of anilines is 1. The van der Waals surface area contributed by atoms with E-state index in [4.69, 9.17) is 17.0 Å². The fraction of sp³-hybridized carbons (Fsp3) is 0.350. The van der Waals surface area contributed by atoms with Crippen molar-refractivity contribution in [2.45, 2.75) is 13.0 Å². The molecule has 2 aromatic carbocycles. The maximum atomic E-state index is 13.7. The molecule has 0 aromatic heterocycles. The number of halogens is 1. The first-order chi connectivity index (χ1) is 12.6. The zero-order valence-corrected chi connectivity index (χ0v) is 15.7. The summed E-state index contributed by atoms with van der Waals surface area (Å²) in [6.45, 7) is 5.91. The van der Waals surface area contributed by atoms with Crippen LogP contribution in [-0.2, 0) is 4.74 Å². The zero-order valence-electron chi connectivity index (χ0n) is 14.9. The summed E-state index contributed by atoms with van der Waals surface area (Å²) in [6.07, 6.45) is 0. The van der Waals surface area contributed by atoms with Gasteiger partial charge in [0.2, 0.25) is 0 Å². The van der Waals surface area contributed by atoms with Gasteiger partial charge in [0.25, 0.3) is 0 Å². The summed E-state index contributed by atoms with van der Waals surface area (Å²) in [4.78, 5) is 2.36. The Hall–Kier alpha value is -2.02. The average Bonchev–Trinajstić information content (AvgIpc) is 2.66. The number of aryl methyl sites for hydroxylation is 1. The number of rotatable bonds is 5. The Balaban J connectivity index is 1.67. The van der Waals surface area contributed by atoms with Gasteiger partial charge in [-0.1, -0.05) is 36.4 Å². The predicted molar refractivity (Wildman–Crippen MR) is 107 cm³/mol. The van der Waals surface area contributed by atoms with Gasteiger partial charge in [0.05, 0.1) is 19.3 Å². The van der Waals surface area contributed by atoms with E-state index in [2.05, 4.69) is 27.7 Å². The van der Waals surface area contributed by atoms with Crippen LogP contribution in [0.1, 0.15) is 17.2 Å². The third-order valence-electron chi connectivity index (χ3n) is 4.48. The van der Waals surface area contributed by atoms with Crippen LogP contribution in [0.4, 0.5) is 10.1 Å². The molecule has 0 amide bonds. The van der Waals surface area contributed by atoms with Crippen LogP contribution in [0.3, 0.4) is 0 Å². The van der Waals surface area contributed by atoms with Crippen LogP contribution in [0.5, 0.6) is 0 Å². The molecule has 1 atom stereocenters. The highest BCUT2D eigenvalue weighted by molar-refractivity contribution is 7.80. The third-order valence-corrected chi connectivity index (χ3v) is 4.70. The van der Waals surface area contributed by atoms with Gasteiger partial charge in [0.15, 0.2) is 5.11 Å². The molecule has 1 fully saturated rings. The van der Waals surface area contributed by atoms with Gasteiger partial charge in [-0.3, -0.25) is 4.90 Å². The second kappa shape index (κ2) is 9.07. The number of nitrogens with zero attached hydrogens (tertiary/aromatic N) is 1. The molecule has 4 nitrogen and oxygen atoms in total. The van der Waals surface area contributed by atoms with Gasteiger partial charge >= 0.3 is 0 Å². The maximum Gasteiger partial charge on any atom is 0.171 e. The van der Waals surface area contributed by atoms with Crippen molar-refractivity contribution in [1.82, 2.24) is 10.2 Å². The summed E-state index contributed by atoms with van der Waals surface area (Å²) in [6, 6.07) is 15.3. The lowest BCUT2D eigenvalue weighted by Gasteiger charge is -2.31. The standard InChI is InChI=1S/C20H24FN3OS/c1-15-7-8-17(13-18(15)21)22-20(26)23-19(16-5-3-2-4-6-16)14-24-9-11-25-12-10-24/h2-8,13,19H,9-12,14H2,1H3,(H2,22,23,26)/t19-/m1/s1. The Morgan fingerprint density at radius 2 is 1.92 bits per heavy atom. The lowest BCUT2D eigenvalue weighted by molar-refractivity contribution is 0.0344. The minimum Gasteiger partial charge on any atom is -0.379 e. The van der Waals surface area contributed by atoms with Crippen molar-refractivity contribution < 1.29 is 9.13 Å². The molecular formula is C20H24FN3OS. The maximum absolute atomic E-state index is 13.7. The van der Waals surface area contributed by atoms with E-state index < -0.39 is 0 Å². The molecule has 138 valence electrons. The molecule has 6 heteroatoms. The number of benzene rings is 2. The van der Waals surface area contributed by atoms with Gasteiger partial charge in [-0.2, -0.15) is 0 Å². The molecule has 1 aliphatic heterocycles. The van der Waals surface area contributed by atoms with Crippen LogP contribution in [0, 0.1) is 12.7 Å². The van der Waals surface area contributed by atoms with Gasteiger partial charge in [-0.05, 0) is 42.4 Å². The van der Waals surface area contributed by atoms with E-state index in [1.165, 1.54) is 11.6 Å². The molecule has 0 bridgehead atoms. The van der Waals surface area contributed by atoms with Crippen molar-refractivity contribution in [3.63, 3.8) is 0 Å². The first-order valence-electron chi connectivity index (χ1n) is 8.80. The highest BCUT2D eigenvalue weighted by atomic mass is 32.1. The highest BCUT2D eigenvalue weighted by Crippen LogP contribution is 2.17. The SMILES string of the molecule is Cc1ccc(NC(=S)N[C@H](CN2CCOCC2)c2ccccc2)cc1F. The molecule has 0 saturated carbocycles. The quantitative estimate of drug-likeness (QED) is 0.785. The molecule has 0 unspecified atom stereocenters. The van der Waals surface area contributed by atoms with Crippen LogP contribution < -0.4 is 10.6 Å². The van der Waals surface area contributed by atoms with E-state index in [0.717, 1.165) is 32.8 Å². The van der Waals surface area contributed by atoms with Crippen molar-refractivity contribution in [1.29, 1.82) is 0 Å². The Kier molecular flexibility index (Phi) is 6.55. The van der Waals surface area contributed by atoms with Gasteiger partial charge in [0, 0.05) is 25.3 Å². The van der Waals surface area contributed by atoms with Crippen LogP contribution in [0.2, 0.25) is 0 Å². The molecule has 2 aromatic rings. The number of ether oxygens (including phenoxy) is 1. The molecule has 0 spiro atoms. The first-order valence-corrected chi connectivity index (χ1v) is 9.21. The summed E-state index contributed by atoms with van der Waals surface area (Å²) in [7, 11) is 0. The number of nitrogens with one attached hydrogen (secondary N) is 2. The number of thiocarbonyl (C=S) groups is 1. The summed E-state index contributed by atoms with van der Waals surface area (Å²) in [5.41, 5.74) is 2.42. The van der Waals surface area contributed by atoms with E-state index in [1.807, 2.05) is 24.3 Å². The van der Waals surface area contributed by atoms with Crippen LogP contribution in [0.25, 0.3) is 0 Å². The smallest absolute Gasteiger partial charge is 0.171 e. The average molecular weight is 373 g/mol. The Bertz CT molecular complexity index is 735. The van der Waals surface area contributed by atoms with Gasteiger partial charge in [0.1, 0.15) is 5.82 Å². The fourth-order valence-corrected chi connectivity index (χ4v) is 3.22. The van der Waals surface area contributed by atoms with Crippen molar-refractivity contribution in [3.8, 4) is 0 Å². The molecule has 0 aliphatic carbocycles. The van der Waals surface area contributed by atoms with Crippen LogP contribution in [0.15, 0.2) is 48.5 Å². The Labute approximate surface area is 159 Å². The molecule has 2 N–H and O–H groups in total. The molecule has 1 heterocycles. The Morgan fingerprint density at radius 3 is 2.62 bits per heavy atom. The molecule has 26 heavy (non-hydrogen) atoms. The van der Waals surface area contributed by atoms with E-state index in [-0.39, 0.29) is 11.9 Å². The second-order valence-electron chi connectivity index (χ2n) is 6.44. The fourth-order valence-electron chi connectivity index (χ4n) is 2.96. The summed E-state index contributed by atoms with van der Waals surface area (Å²) in [5.74, 6) is -0.245. The predicted octanol–water partition coefficient (Wildman–Crippen LogP) is 3.49. The topological polar surface area (TPSA) is 36.5 Å². The largest absolute Gasteiger partial charge is 0.379 e. The highest BCUT2D eigenvalue weighted by Gasteiger charge is 2.19. The minimum absolute atomic E-state index is 0.0459. The molecule has 1 saturated heterocycles. The third kappa shape index (κ3) is 5.24. The van der Waals surface area contributed by atoms with Crippen molar-refractivity contribution >= 4 is 23.0 Å².